The zero-order valence-corrected chi connectivity index (χ0v) is 10.1. The molecule has 1 aliphatic rings. The summed E-state index contributed by atoms with van der Waals surface area (Å²) in [5.41, 5.74) is 10.6. The summed E-state index contributed by atoms with van der Waals surface area (Å²) in [6.45, 7) is 2.41. The van der Waals surface area contributed by atoms with Crippen LogP contribution >= 0.6 is 0 Å². The molecule has 1 saturated heterocycles. The van der Waals surface area contributed by atoms with E-state index >= 15 is 0 Å². The molecule has 4 N–H and O–H groups in total. The van der Waals surface area contributed by atoms with Gasteiger partial charge in [0.05, 0.1) is 12.3 Å². The van der Waals surface area contributed by atoms with Gasteiger partial charge in [-0.15, -0.1) is 0 Å². The lowest BCUT2D eigenvalue weighted by Gasteiger charge is -2.33. The van der Waals surface area contributed by atoms with Crippen molar-refractivity contribution in [2.75, 3.05) is 39.0 Å². The SMILES string of the molecule is CS(=O)(=O)N1CCN(CC(N)C(N)=O)CC1. The molecule has 0 aromatic heterocycles. The molecule has 0 aliphatic carbocycles. The Morgan fingerprint density at radius 1 is 1.31 bits per heavy atom. The van der Waals surface area contributed by atoms with E-state index in [4.69, 9.17) is 11.5 Å². The second-order valence-electron chi connectivity index (χ2n) is 3.97. The van der Waals surface area contributed by atoms with Crippen LogP contribution in [0.2, 0.25) is 0 Å². The number of piperazine rings is 1. The summed E-state index contributed by atoms with van der Waals surface area (Å²) < 4.78 is 23.9. The van der Waals surface area contributed by atoms with E-state index in [1.165, 1.54) is 10.6 Å². The number of nitrogens with zero attached hydrogens (tertiary/aromatic N) is 2. The molecule has 1 rings (SSSR count). The predicted molar refractivity (Wildman–Crippen MR) is 60.0 cm³/mol. The van der Waals surface area contributed by atoms with E-state index in [0.29, 0.717) is 32.7 Å². The Bertz CT molecular complexity index is 348. The minimum absolute atomic E-state index is 0.382. The molecule has 0 aromatic rings. The van der Waals surface area contributed by atoms with Gasteiger partial charge in [0.2, 0.25) is 15.9 Å². The molecule has 0 saturated carbocycles. The van der Waals surface area contributed by atoms with E-state index in [0.717, 1.165) is 0 Å². The van der Waals surface area contributed by atoms with Gasteiger partial charge in [-0.25, -0.2) is 8.42 Å². The highest BCUT2D eigenvalue weighted by atomic mass is 32.2. The van der Waals surface area contributed by atoms with E-state index in [9.17, 15) is 13.2 Å². The van der Waals surface area contributed by atoms with Crippen molar-refractivity contribution in [2.45, 2.75) is 6.04 Å². The smallest absolute Gasteiger partial charge is 0.235 e. The van der Waals surface area contributed by atoms with Gasteiger partial charge >= 0.3 is 0 Å². The maximum Gasteiger partial charge on any atom is 0.235 e. The molecule has 1 atom stereocenters. The molecule has 1 aliphatic heterocycles. The highest BCUT2D eigenvalue weighted by Gasteiger charge is 2.24. The number of rotatable bonds is 4. The molecule has 0 spiro atoms. The van der Waals surface area contributed by atoms with Crippen molar-refractivity contribution in [3.8, 4) is 0 Å². The Labute approximate surface area is 95.4 Å². The molecule has 0 aromatic carbocycles. The third kappa shape index (κ3) is 3.71. The van der Waals surface area contributed by atoms with Crippen molar-refractivity contribution in [2.24, 2.45) is 11.5 Å². The van der Waals surface area contributed by atoms with E-state index in [1.807, 2.05) is 4.90 Å². The number of nitrogens with two attached hydrogens (primary N) is 2. The first-order chi connectivity index (χ1) is 7.30. The molecule has 8 heteroatoms. The largest absolute Gasteiger partial charge is 0.368 e. The van der Waals surface area contributed by atoms with E-state index < -0.39 is 22.0 Å². The topological polar surface area (TPSA) is 110 Å². The van der Waals surface area contributed by atoms with Crippen molar-refractivity contribution < 1.29 is 13.2 Å². The van der Waals surface area contributed by atoms with Crippen molar-refractivity contribution >= 4 is 15.9 Å². The molecular weight excluding hydrogens is 232 g/mol. The van der Waals surface area contributed by atoms with Crippen molar-refractivity contribution in [1.82, 2.24) is 9.21 Å². The van der Waals surface area contributed by atoms with Gasteiger partial charge < -0.3 is 11.5 Å². The van der Waals surface area contributed by atoms with Crippen LogP contribution < -0.4 is 11.5 Å². The number of carbonyl (C=O) groups is 1. The Morgan fingerprint density at radius 3 is 2.19 bits per heavy atom. The molecule has 1 amide bonds. The lowest BCUT2D eigenvalue weighted by Crippen LogP contribution is -2.53. The summed E-state index contributed by atoms with van der Waals surface area (Å²) in [4.78, 5) is 12.7. The molecular formula is C8H18N4O3S. The zero-order chi connectivity index (χ0) is 12.3. The first kappa shape index (κ1) is 13.4. The molecule has 1 heterocycles. The number of amides is 1. The van der Waals surface area contributed by atoms with Crippen LogP contribution in [0.4, 0.5) is 0 Å². The summed E-state index contributed by atoms with van der Waals surface area (Å²) in [5, 5.41) is 0. The second kappa shape index (κ2) is 5.09. The number of hydrogen-bond acceptors (Lipinski definition) is 5. The van der Waals surface area contributed by atoms with Gasteiger partial charge in [-0.05, 0) is 0 Å². The number of primary amides is 1. The fourth-order valence-corrected chi connectivity index (χ4v) is 2.44. The maximum absolute atomic E-state index is 11.2. The minimum Gasteiger partial charge on any atom is -0.368 e. The van der Waals surface area contributed by atoms with Crippen LogP contribution in [0.3, 0.4) is 0 Å². The van der Waals surface area contributed by atoms with Gasteiger partial charge in [0.15, 0.2) is 0 Å². The summed E-state index contributed by atoms with van der Waals surface area (Å²) in [7, 11) is -3.11. The quantitative estimate of drug-likeness (QED) is 0.567. The third-order valence-electron chi connectivity index (χ3n) is 2.62. The Balaban J connectivity index is 2.41. The standard InChI is InChI=1S/C8H18N4O3S/c1-16(14,15)12-4-2-11(3-5-12)6-7(9)8(10)13/h7H,2-6,9H2,1H3,(H2,10,13). The molecule has 0 bridgehead atoms. The van der Waals surface area contributed by atoms with Gasteiger partial charge in [0.25, 0.3) is 0 Å². The van der Waals surface area contributed by atoms with Crippen LogP contribution in [0.15, 0.2) is 0 Å². The Morgan fingerprint density at radius 2 is 1.81 bits per heavy atom. The molecule has 0 radical (unpaired) electrons. The highest BCUT2D eigenvalue weighted by Crippen LogP contribution is 2.05. The summed E-state index contributed by atoms with van der Waals surface area (Å²) in [6.07, 6.45) is 1.19. The third-order valence-corrected chi connectivity index (χ3v) is 3.92. The number of carbonyl (C=O) groups excluding carboxylic acids is 1. The van der Waals surface area contributed by atoms with Crippen LogP contribution in [0.1, 0.15) is 0 Å². The van der Waals surface area contributed by atoms with Gasteiger partial charge in [-0.1, -0.05) is 0 Å². The van der Waals surface area contributed by atoms with Crippen LogP contribution in [0.25, 0.3) is 0 Å². The van der Waals surface area contributed by atoms with Gasteiger partial charge in [0, 0.05) is 32.7 Å². The Kier molecular flexibility index (Phi) is 4.25. The fraction of sp³-hybridized carbons (Fsp3) is 0.875. The van der Waals surface area contributed by atoms with Crippen molar-refractivity contribution in [1.29, 1.82) is 0 Å². The van der Waals surface area contributed by atoms with Crippen molar-refractivity contribution in [3.63, 3.8) is 0 Å². The van der Waals surface area contributed by atoms with E-state index in [1.54, 1.807) is 0 Å². The fourth-order valence-electron chi connectivity index (χ4n) is 1.61. The van der Waals surface area contributed by atoms with Crippen LogP contribution in [-0.4, -0.2) is 68.6 Å². The molecule has 7 nitrogen and oxygen atoms in total. The second-order valence-corrected chi connectivity index (χ2v) is 5.95. The molecule has 1 unspecified atom stereocenters. The molecule has 94 valence electrons. The maximum atomic E-state index is 11.2. The molecule has 16 heavy (non-hydrogen) atoms. The summed E-state index contributed by atoms with van der Waals surface area (Å²) in [5.74, 6) is -0.537. The average molecular weight is 250 g/mol. The highest BCUT2D eigenvalue weighted by molar-refractivity contribution is 7.88. The van der Waals surface area contributed by atoms with Crippen LogP contribution in [0, 0.1) is 0 Å². The van der Waals surface area contributed by atoms with Crippen LogP contribution in [0.5, 0.6) is 0 Å². The molecule has 1 fully saturated rings. The monoisotopic (exact) mass is 250 g/mol. The minimum atomic E-state index is -3.11. The first-order valence-electron chi connectivity index (χ1n) is 5.03. The predicted octanol–water partition coefficient (Wildman–Crippen LogP) is -2.62. The zero-order valence-electron chi connectivity index (χ0n) is 9.30. The van der Waals surface area contributed by atoms with Gasteiger partial charge in [-0.3, -0.25) is 9.69 Å². The van der Waals surface area contributed by atoms with E-state index in [2.05, 4.69) is 0 Å². The van der Waals surface area contributed by atoms with Gasteiger partial charge in [-0.2, -0.15) is 4.31 Å². The van der Waals surface area contributed by atoms with Crippen molar-refractivity contribution in [3.05, 3.63) is 0 Å². The lowest BCUT2D eigenvalue weighted by molar-refractivity contribution is -0.119. The Hall–Kier alpha value is -0.700. The lowest BCUT2D eigenvalue weighted by atomic mass is 10.2. The summed E-state index contributed by atoms with van der Waals surface area (Å²) >= 11 is 0. The van der Waals surface area contributed by atoms with E-state index in [-0.39, 0.29) is 0 Å². The van der Waals surface area contributed by atoms with Crippen LogP contribution in [-0.2, 0) is 14.8 Å². The van der Waals surface area contributed by atoms with Gasteiger partial charge in [0.1, 0.15) is 0 Å². The summed E-state index contributed by atoms with van der Waals surface area (Å²) in [6, 6.07) is -0.690. The first-order valence-corrected chi connectivity index (χ1v) is 6.88. The average Bonchev–Trinajstić information content (AvgIpc) is 2.17. The number of hydrogen-bond donors (Lipinski definition) is 2. The normalized spacial score (nSPS) is 21.9. The number of sulfonamides is 1.